The van der Waals surface area contributed by atoms with E-state index < -0.39 is 17.9 Å². The number of hydrogen-bond acceptors (Lipinski definition) is 5. The molecule has 140 valence electrons. The first-order chi connectivity index (χ1) is 12.8. The van der Waals surface area contributed by atoms with Crippen LogP contribution in [-0.2, 0) is 11.8 Å². The molecule has 0 saturated carbocycles. The fraction of sp³-hybridized carbons (Fsp3) is 0.118. The monoisotopic (exact) mass is 370 g/mol. The van der Waals surface area contributed by atoms with E-state index in [2.05, 4.69) is 27.3 Å². The summed E-state index contributed by atoms with van der Waals surface area (Å²) in [5.41, 5.74) is 5.65. The number of nitrogens with one attached hydrogen (secondary N) is 2. The Bertz CT molecular complexity index is 960. The second kappa shape index (κ2) is 7.95. The molecule has 0 saturated heterocycles. The maximum Gasteiger partial charge on any atom is 0.341 e. The number of amides is 3. The van der Waals surface area contributed by atoms with E-state index in [1.165, 1.54) is 36.1 Å². The summed E-state index contributed by atoms with van der Waals surface area (Å²) in [4.78, 5) is 39.2. The van der Waals surface area contributed by atoms with Gasteiger partial charge in [-0.2, -0.15) is 5.10 Å². The highest BCUT2D eigenvalue weighted by Crippen LogP contribution is 2.29. The van der Waals surface area contributed by atoms with E-state index >= 15 is 0 Å². The third-order valence-corrected chi connectivity index (χ3v) is 3.56. The Morgan fingerprint density at radius 1 is 1.33 bits per heavy atom. The van der Waals surface area contributed by atoms with Crippen molar-refractivity contribution >= 4 is 29.4 Å². The van der Waals surface area contributed by atoms with Gasteiger partial charge in [-0.15, -0.1) is 0 Å². The lowest BCUT2D eigenvalue weighted by molar-refractivity contribution is -0.112. The molecule has 0 aliphatic heterocycles. The Morgan fingerprint density at radius 2 is 2.04 bits per heavy atom. The highest BCUT2D eigenvalue weighted by atomic mass is 16.4. The predicted molar refractivity (Wildman–Crippen MR) is 99.2 cm³/mol. The first-order valence-electron chi connectivity index (χ1n) is 7.71. The number of allylic oxidation sites excluding steroid dienone is 1. The molecular formula is C17H18N6O4. The number of hydrogen-bond donors (Lipinski definition) is 4. The van der Waals surface area contributed by atoms with Crippen molar-refractivity contribution in [3.8, 4) is 11.4 Å². The van der Waals surface area contributed by atoms with Crippen LogP contribution in [0.25, 0.3) is 11.4 Å². The molecule has 2 rings (SSSR count). The van der Waals surface area contributed by atoms with Gasteiger partial charge >= 0.3 is 12.0 Å². The van der Waals surface area contributed by atoms with E-state index in [4.69, 9.17) is 5.73 Å². The number of aromatic carboxylic acids is 1. The molecule has 10 heteroatoms. The zero-order valence-corrected chi connectivity index (χ0v) is 14.7. The van der Waals surface area contributed by atoms with Gasteiger partial charge < -0.3 is 21.5 Å². The maximum absolute atomic E-state index is 12.3. The fourth-order valence-corrected chi connectivity index (χ4v) is 2.35. The van der Waals surface area contributed by atoms with Gasteiger partial charge in [0.05, 0.1) is 5.69 Å². The number of anilines is 2. The average Bonchev–Trinajstić information content (AvgIpc) is 2.92. The number of nitrogens with zero attached hydrogens (tertiary/aromatic N) is 3. The highest BCUT2D eigenvalue weighted by molar-refractivity contribution is 6.09. The van der Waals surface area contributed by atoms with Crippen LogP contribution in [0.3, 0.4) is 0 Å². The largest absolute Gasteiger partial charge is 0.477 e. The normalized spacial score (nSPS) is 11.0. The Morgan fingerprint density at radius 3 is 2.59 bits per heavy atom. The molecule has 27 heavy (non-hydrogen) atoms. The molecular weight excluding hydrogens is 352 g/mol. The van der Waals surface area contributed by atoms with Crippen molar-refractivity contribution in [1.29, 1.82) is 0 Å². The van der Waals surface area contributed by atoms with Gasteiger partial charge in [-0.1, -0.05) is 18.7 Å². The lowest BCUT2D eigenvalue weighted by atomic mass is 10.1. The van der Waals surface area contributed by atoms with Crippen molar-refractivity contribution in [3.63, 3.8) is 0 Å². The van der Waals surface area contributed by atoms with Crippen LogP contribution in [0.5, 0.6) is 0 Å². The number of pyridine rings is 1. The SMILES string of the molecule is C=C/C(=C\C)C(=O)Nc1c(C(=O)O)c(-c2cc(NC(N)=O)ccn2)nn1C. The summed E-state index contributed by atoms with van der Waals surface area (Å²) in [5.74, 6) is -1.84. The van der Waals surface area contributed by atoms with Gasteiger partial charge in [0.25, 0.3) is 5.91 Å². The molecule has 10 nitrogen and oxygen atoms in total. The van der Waals surface area contributed by atoms with Crippen molar-refractivity contribution in [1.82, 2.24) is 14.8 Å². The summed E-state index contributed by atoms with van der Waals surface area (Å²) in [6.45, 7) is 5.20. The van der Waals surface area contributed by atoms with Crippen LogP contribution >= 0.6 is 0 Å². The van der Waals surface area contributed by atoms with Crippen molar-refractivity contribution in [2.75, 3.05) is 10.6 Å². The topological polar surface area (TPSA) is 152 Å². The molecule has 0 bridgehead atoms. The predicted octanol–water partition coefficient (Wildman–Crippen LogP) is 1.74. The van der Waals surface area contributed by atoms with Crippen LogP contribution in [0.15, 0.2) is 42.6 Å². The number of carboxylic acid groups (broad SMARTS) is 1. The fourth-order valence-electron chi connectivity index (χ4n) is 2.35. The molecule has 2 heterocycles. The number of carboxylic acids is 1. The summed E-state index contributed by atoms with van der Waals surface area (Å²) in [6, 6.07) is 2.14. The molecule has 0 radical (unpaired) electrons. The molecule has 3 amide bonds. The quantitative estimate of drug-likeness (QED) is 0.449. The Labute approximate surface area is 154 Å². The molecule has 0 aliphatic rings. The van der Waals surface area contributed by atoms with E-state index in [1.54, 1.807) is 13.0 Å². The van der Waals surface area contributed by atoms with Crippen molar-refractivity contribution in [2.45, 2.75) is 6.92 Å². The van der Waals surface area contributed by atoms with Gasteiger partial charge in [-0.25, -0.2) is 9.59 Å². The highest BCUT2D eigenvalue weighted by Gasteiger charge is 2.26. The minimum atomic E-state index is -1.30. The van der Waals surface area contributed by atoms with Gasteiger partial charge in [0.2, 0.25) is 0 Å². The minimum absolute atomic E-state index is 0.0150. The summed E-state index contributed by atoms with van der Waals surface area (Å²) in [6.07, 6.45) is 4.27. The smallest absolute Gasteiger partial charge is 0.341 e. The summed E-state index contributed by atoms with van der Waals surface area (Å²) < 4.78 is 1.23. The number of urea groups is 1. The average molecular weight is 370 g/mol. The Kier molecular flexibility index (Phi) is 5.71. The van der Waals surface area contributed by atoms with Gasteiger partial charge in [0, 0.05) is 24.5 Å². The van der Waals surface area contributed by atoms with E-state index in [-0.39, 0.29) is 28.3 Å². The molecule has 0 fully saturated rings. The van der Waals surface area contributed by atoms with Crippen LogP contribution in [0.1, 0.15) is 17.3 Å². The number of nitrogens with two attached hydrogens (primary N) is 1. The van der Waals surface area contributed by atoms with E-state index in [0.29, 0.717) is 5.69 Å². The van der Waals surface area contributed by atoms with E-state index in [1.807, 2.05) is 0 Å². The third-order valence-electron chi connectivity index (χ3n) is 3.56. The number of aryl methyl sites for hydroxylation is 1. The third kappa shape index (κ3) is 4.18. The standard InChI is InChI=1S/C17H18N6O4/c1-4-9(5-2)15(24)21-14-12(16(25)26)13(22-23(14)3)11-8-10(6-7-19-11)20-17(18)27/h4-8H,1H2,2-3H3,(H,21,24)(H,25,26)(H3,18,19,20,27)/b9-5+. The number of carbonyl (C=O) groups excluding carboxylic acids is 2. The zero-order chi connectivity index (χ0) is 20.1. The summed E-state index contributed by atoms with van der Waals surface area (Å²) >= 11 is 0. The molecule has 2 aromatic rings. The van der Waals surface area contributed by atoms with Crippen molar-refractivity contribution < 1.29 is 19.5 Å². The molecule has 2 aromatic heterocycles. The van der Waals surface area contributed by atoms with Gasteiger partial charge in [-0.05, 0) is 19.1 Å². The zero-order valence-electron chi connectivity index (χ0n) is 14.7. The minimum Gasteiger partial charge on any atom is -0.477 e. The van der Waals surface area contributed by atoms with Crippen LogP contribution < -0.4 is 16.4 Å². The molecule has 5 N–H and O–H groups in total. The van der Waals surface area contributed by atoms with Gasteiger partial charge in [0.15, 0.2) is 0 Å². The van der Waals surface area contributed by atoms with Crippen LogP contribution in [0.4, 0.5) is 16.3 Å². The molecule has 0 aliphatic carbocycles. The maximum atomic E-state index is 12.3. The van der Waals surface area contributed by atoms with E-state index in [0.717, 1.165) is 0 Å². The van der Waals surface area contributed by atoms with Gasteiger partial charge in [-0.3, -0.25) is 14.5 Å². The number of rotatable bonds is 6. The molecule has 0 unspecified atom stereocenters. The Hall–Kier alpha value is -3.95. The molecule has 0 spiro atoms. The number of aromatic nitrogens is 3. The lowest BCUT2D eigenvalue weighted by Gasteiger charge is -2.07. The molecule has 0 aromatic carbocycles. The van der Waals surface area contributed by atoms with Crippen LogP contribution in [-0.4, -0.2) is 37.8 Å². The molecule has 0 atom stereocenters. The summed E-state index contributed by atoms with van der Waals surface area (Å²) in [5, 5.41) is 18.7. The second-order valence-corrected chi connectivity index (χ2v) is 5.32. The van der Waals surface area contributed by atoms with Crippen molar-refractivity contribution in [3.05, 3.63) is 48.2 Å². The Balaban J connectivity index is 2.54. The first kappa shape index (κ1) is 19.4. The van der Waals surface area contributed by atoms with Crippen molar-refractivity contribution in [2.24, 2.45) is 12.8 Å². The first-order valence-corrected chi connectivity index (χ1v) is 7.71. The van der Waals surface area contributed by atoms with Crippen LogP contribution in [0, 0.1) is 0 Å². The lowest BCUT2D eigenvalue weighted by Crippen LogP contribution is -2.19. The summed E-state index contributed by atoms with van der Waals surface area (Å²) in [7, 11) is 1.49. The van der Waals surface area contributed by atoms with Crippen LogP contribution in [0.2, 0.25) is 0 Å². The number of carbonyl (C=O) groups is 3. The number of primary amides is 1. The van der Waals surface area contributed by atoms with E-state index in [9.17, 15) is 19.5 Å². The second-order valence-electron chi connectivity index (χ2n) is 5.32. The van der Waals surface area contributed by atoms with Gasteiger partial charge in [0.1, 0.15) is 17.1 Å².